The Bertz CT molecular complexity index is 1070. The highest BCUT2D eigenvalue weighted by atomic mass is 16.2. The summed E-state index contributed by atoms with van der Waals surface area (Å²) in [7, 11) is 0. The van der Waals surface area contributed by atoms with Gasteiger partial charge in [-0.15, -0.1) is 0 Å². The van der Waals surface area contributed by atoms with E-state index in [0.29, 0.717) is 5.92 Å². The van der Waals surface area contributed by atoms with E-state index in [2.05, 4.69) is 40.7 Å². The van der Waals surface area contributed by atoms with Crippen LogP contribution in [0, 0.1) is 0 Å². The van der Waals surface area contributed by atoms with E-state index in [1.165, 1.54) is 29.5 Å². The molecule has 1 aliphatic heterocycles. The standard InChI is InChI=1S/C24H23N3O/c28-23-24(11-4-5-12-24)20-15-17(14-19(16-8-9-16)22(20)26-23)21-10-13-25-27(21)18-6-2-1-3-7-18/h1-3,6-7,10,13-16H,4-5,8-9,11-12H2,(H,26,28). The van der Waals surface area contributed by atoms with Crippen molar-refractivity contribution >= 4 is 11.6 Å². The third kappa shape index (κ3) is 2.24. The number of para-hydroxylation sites is 1. The van der Waals surface area contributed by atoms with Crippen molar-refractivity contribution in [3.8, 4) is 16.9 Å². The number of nitrogens with one attached hydrogen (secondary N) is 1. The van der Waals surface area contributed by atoms with Crippen LogP contribution in [0.25, 0.3) is 16.9 Å². The summed E-state index contributed by atoms with van der Waals surface area (Å²) in [5, 5.41) is 7.86. The fourth-order valence-electron chi connectivity index (χ4n) is 5.17. The summed E-state index contributed by atoms with van der Waals surface area (Å²) in [5.74, 6) is 0.800. The molecule has 6 rings (SSSR count). The van der Waals surface area contributed by atoms with Crippen LogP contribution in [0.5, 0.6) is 0 Å². The number of benzene rings is 2. The van der Waals surface area contributed by atoms with Crippen LogP contribution >= 0.6 is 0 Å². The lowest BCUT2D eigenvalue weighted by molar-refractivity contribution is -0.120. The van der Waals surface area contributed by atoms with E-state index >= 15 is 0 Å². The van der Waals surface area contributed by atoms with Crippen molar-refractivity contribution in [2.24, 2.45) is 0 Å². The summed E-state index contributed by atoms with van der Waals surface area (Å²) in [5.41, 5.74) is 6.67. The smallest absolute Gasteiger partial charge is 0.235 e. The second-order valence-electron chi connectivity index (χ2n) is 8.47. The van der Waals surface area contributed by atoms with Crippen LogP contribution in [0.15, 0.2) is 54.7 Å². The van der Waals surface area contributed by atoms with Gasteiger partial charge in [-0.25, -0.2) is 4.68 Å². The zero-order valence-electron chi connectivity index (χ0n) is 15.8. The highest BCUT2D eigenvalue weighted by molar-refractivity contribution is 6.08. The molecule has 0 radical (unpaired) electrons. The number of rotatable bonds is 3. The summed E-state index contributed by atoms with van der Waals surface area (Å²) in [6.45, 7) is 0. The maximum atomic E-state index is 13.0. The number of amides is 1. The van der Waals surface area contributed by atoms with Gasteiger partial charge in [0.25, 0.3) is 0 Å². The molecule has 1 aromatic heterocycles. The van der Waals surface area contributed by atoms with Crippen LogP contribution < -0.4 is 5.32 Å². The minimum Gasteiger partial charge on any atom is -0.325 e. The van der Waals surface area contributed by atoms with E-state index in [9.17, 15) is 4.79 Å². The van der Waals surface area contributed by atoms with Crippen molar-refractivity contribution in [1.82, 2.24) is 9.78 Å². The Balaban J connectivity index is 1.56. The van der Waals surface area contributed by atoms with Gasteiger partial charge in [0.05, 0.1) is 23.0 Å². The number of carbonyl (C=O) groups is 1. The van der Waals surface area contributed by atoms with Gasteiger partial charge in [0.2, 0.25) is 5.91 Å². The lowest BCUT2D eigenvalue weighted by atomic mass is 9.78. The molecule has 3 aliphatic rings. The van der Waals surface area contributed by atoms with Gasteiger partial charge in [-0.1, -0.05) is 31.0 Å². The minimum atomic E-state index is -0.313. The number of anilines is 1. The van der Waals surface area contributed by atoms with Gasteiger partial charge in [-0.3, -0.25) is 4.79 Å². The molecule has 1 amide bonds. The van der Waals surface area contributed by atoms with Crippen molar-refractivity contribution in [2.45, 2.75) is 49.9 Å². The van der Waals surface area contributed by atoms with E-state index in [1.54, 1.807) is 0 Å². The molecule has 0 bridgehead atoms. The summed E-state index contributed by atoms with van der Waals surface area (Å²) in [6, 6.07) is 16.9. The first-order chi connectivity index (χ1) is 13.8. The molecule has 0 atom stereocenters. The zero-order chi connectivity index (χ0) is 18.7. The van der Waals surface area contributed by atoms with E-state index in [0.717, 1.165) is 42.8 Å². The normalized spacial score (nSPS) is 19.8. The Labute approximate surface area is 164 Å². The molecule has 4 nitrogen and oxygen atoms in total. The molecule has 2 heterocycles. The van der Waals surface area contributed by atoms with Crippen LogP contribution in [0.4, 0.5) is 5.69 Å². The molecule has 0 unspecified atom stereocenters. The zero-order valence-corrected chi connectivity index (χ0v) is 15.8. The Morgan fingerprint density at radius 3 is 2.57 bits per heavy atom. The van der Waals surface area contributed by atoms with Crippen molar-refractivity contribution < 1.29 is 4.79 Å². The molecular formula is C24H23N3O. The lowest BCUT2D eigenvalue weighted by Gasteiger charge is -2.22. The van der Waals surface area contributed by atoms with Crippen LogP contribution in [-0.4, -0.2) is 15.7 Å². The van der Waals surface area contributed by atoms with Gasteiger partial charge in [0.15, 0.2) is 0 Å². The first kappa shape index (κ1) is 16.1. The topological polar surface area (TPSA) is 46.9 Å². The molecule has 1 spiro atoms. The number of nitrogens with zero attached hydrogens (tertiary/aromatic N) is 2. The average Bonchev–Trinajstić information content (AvgIpc) is 3.16. The third-order valence-corrected chi connectivity index (χ3v) is 6.77. The number of hydrogen-bond acceptors (Lipinski definition) is 2. The molecule has 1 N–H and O–H groups in total. The fraction of sp³-hybridized carbons (Fsp3) is 0.333. The summed E-state index contributed by atoms with van der Waals surface area (Å²) in [4.78, 5) is 13.0. The van der Waals surface area contributed by atoms with Gasteiger partial charge in [-0.2, -0.15) is 5.10 Å². The SMILES string of the molecule is O=C1Nc2c(C3CC3)cc(-c3ccnn3-c3ccccc3)cc2C12CCCC2. The summed E-state index contributed by atoms with van der Waals surface area (Å²) >= 11 is 0. The molecule has 4 heteroatoms. The van der Waals surface area contributed by atoms with Crippen molar-refractivity contribution in [1.29, 1.82) is 0 Å². The Hall–Kier alpha value is -2.88. The van der Waals surface area contributed by atoms with E-state index in [4.69, 9.17) is 0 Å². The molecule has 3 aromatic rings. The van der Waals surface area contributed by atoms with Gasteiger partial charge >= 0.3 is 0 Å². The average molecular weight is 369 g/mol. The first-order valence-electron chi connectivity index (χ1n) is 10.4. The van der Waals surface area contributed by atoms with Crippen LogP contribution in [-0.2, 0) is 10.2 Å². The first-order valence-corrected chi connectivity index (χ1v) is 10.4. The molecular weight excluding hydrogens is 346 g/mol. The Morgan fingerprint density at radius 1 is 1.04 bits per heavy atom. The van der Waals surface area contributed by atoms with Crippen molar-refractivity contribution in [2.75, 3.05) is 5.32 Å². The van der Waals surface area contributed by atoms with Crippen LogP contribution in [0.3, 0.4) is 0 Å². The third-order valence-electron chi connectivity index (χ3n) is 6.77. The maximum absolute atomic E-state index is 13.0. The van der Waals surface area contributed by atoms with Crippen molar-refractivity contribution in [3.63, 3.8) is 0 Å². The van der Waals surface area contributed by atoms with E-state index < -0.39 is 0 Å². The molecule has 2 fully saturated rings. The second kappa shape index (κ2) is 5.81. The summed E-state index contributed by atoms with van der Waals surface area (Å²) < 4.78 is 2.00. The van der Waals surface area contributed by atoms with E-state index in [-0.39, 0.29) is 11.3 Å². The molecule has 2 aromatic carbocycles. The number of aromatic nitrogens is 2. The largest absolute Gasteiger partial charge is 0.325 e. The molecule has 28 heavy (non-hydrogen) atoms. The molecule has 0 saturated heterocycles. The Kier molecular flexibility index (Phi) is 3.34. The van der Waals surface area contributed by atoms with Gasteiger partial charge in [0, 0.05) is 11.3 Å². The Morgan fingerprint density at radius 2 is 1.82 bits per heavy atom. The van der Waals surface area contributed by atoms with Gasteiger partial charge < -0.3 is 5.32 Å². The highest BCUT2D eigenvalue weighted by Crippen LogP contribution is 2.55. The van der Waals surface area contributed by atoms with E-state index in [1.807, 2.05) is 29.1 Å². The monoisotopic (exact) mass is 369 g/mol. The number of fused-ring (bicyclic) bond motifs is 2. The van der Waals surface area contributed by atoms with Gasteiger partial charge in [-0.05, 0) is 73.1 Å². The molecule has 140 valence electrons. The quantitative estimate of drug-likeness (QED) is 0.691. The van der Waals surface area contributed by atoms with Crippen LogP contribution in [0.1, 0.15) is 55.6 Å². The number of hydrogen-bond donors (Lipinski definition) is 1. The van der Waals surface area contributed by atoms with Gasteiger partial charge in [0.1, 0.15) is 0 Å². The molecule has 2 aliphatic carbocycles. The second-order valence-corrected chi connectivity index (χ2v) is 8.47. The predicted molar refractivity (Wildman–Crippen MR) is 110 cm³/mol. The van der Waals surface area contributed by atoms with Crippen molar-refractivity contribution in [3.05, 3.63) is 65.9 Å². The fourth-order valence-corrected chi connectivity index (χ4v) is 5.17. The predicted octanol–water partition coefficient (Wildman–Crippen LogP) is 5.18. The highest BCUT2D eigenvalue weighted by Gasteiger charge is 2.50. The lowest BCUT2D eigenvalue weighted by Crippen LogP contribution is -2.30. The summed E-state index contributed by atoms with van der Waals surface area (Å²) in [6.07, 6.45) is 8.51. The van der Waals surface area contributed by atoms with Crippen LogP contribution in [0.2, 0.25) is 0 Å². The molecule has 2 saturated carbocycles. The minimum absolute atomic E-state index is 0.218. The maximum Gasteiger partial charge on any atom is 0.235 e. The number of carbonyl (C=O) groups excluding carboxylic acids is 1.